The maximum atomic E-state index is 11.6. The molecule has 0 aliphatic heterocycles. The van der Waals surface area contributed by atoms with Crippen LogP contribution >= 0.6 is 11.3 Å². The Morgan fingerprint density at radius 3 is 3.11 bits per heavy atom. The van der Waals surface area contributed by atoms with Crippen LogP contribution in [-0.4, -0.2) is 42.2 Å². The molecule has 1 aliphatic rings. The normalized spacial score (nSPS) is 14.1. The Labute approximate surface area is 117 Å². The van der Waals surface area contributed by atoms with Crippen LogP contribution in [-0.2, 0) is 11.3 Å². The molecule has 2 rings (SSSR count). The van der Waals surface area contributed by atoms with E-state index in [1.54, 1.807) is 11.3 Å². The molecule has 1 aromatic rings. The van der Waals surface area contributed by atoms with Crippen molar-refractivity contribution < 1.29 is 9.90 Å². The Morgan fingerprint density at radius 2 is 2.42 bits per heavy atom. The molecule has 2 N–H and O–H groups in total. The van der Waals surface area contributed by atoms with Crippen LogP contribution in [0, 0.1) is 11.8 Å². The summed E-state index contributed by atoms with van der Waals surface area (Å²) < 4.78 is 0. The van der Waals surface area contributed by atoms with E-state index in [-0.39, 0.29) is 12.5 Å². The van der Waals surface area contributed by atoms with Gasteiger partial charge in [-0.15, -0.1) is 11.3 Å². The van der Waals surface area contributed by atoms with Crippen LogP contribution in [0.15, 0.2) is 11.4 Å². The van der Waals surface area contributed by atoms with E-state index in [1.165, 1.54) is 4.88 Å². The predicted octanol–water partition coefficient (Wildman–Crippen LogP) is 0.802. The number of nitrogens with zero attached hydrogens (tertiary/aromatic N) is 1. The molecule has 0 aromatic carbocycles. The molecule has 0 saturated heterocycles. The second-order valence-electron chi connectivity index (χ2n) is 4.78. The monoisotopic (exact) mass is 278 g/mol. The van der Waals surface area contributed by atoms with E-state index >= 15 is 0 Å². The molecule has 1 aliphatic carbocycles. The van der Waals surface area contributed by atoms with Crippen molar-refractivity contribution in [3.63, 3.8) is 0 Å². The number of amides is 1. The number of carbonyl (C=O) groups excluding carboxylic acids is 1. The molecule has 0 radical (unpaired) electrons. The smallest absolute Gasteiger partial charge is 0.234 e. The summed E-state index contributed by atoms with van der Waals surface area (Å²) in [7, 11) is 1.94. The topological polar surface area (TPSA) is 52.6 Å². The van der Waals surface area contributed by atoms with E-state index < -0.39 is 0 Å². The molecular formula is C14H18N2O2S. The van der Waals surface area contributed by atoms with Gasteiger partial charge >= 0.3 is 0 Å². The number of nitrogens with one attached hydrogen (secondary N) is 1. The van der Waals surface area contributed by atoms with Crippen LogP contribution in [0.2, 0.25) is 0 Å². The fourth-order valence-corrected chi connectivity index (χ4v) is 2.63. The van der Waals surface area contributed by atoms with E-state index in [2.05, 4.69) is 17.2 Å². The van der Waals surface area contributed by atoms with Gasteiger partial charge in [0, 0.05) is 28.4 Å². The Kier molecular flexibility index (Phi) is 4.97. The highest BCUT2D eigenvalue weighted by Gasteiger charge is 2.23. The number of thiophene rings is 1. The summed E-state index contributed by atoms with van der Waals surface area (Å²) >= 11 is 1.62. The summed E-state index contributed by atoms with van der Waals surface area (Å²) in [6, 6.07) is 2.42. The van der Waals surface area contributed by atoms with Crippen LogP contribution in [0.4, 0.5) is 0 Å². The number of aliphatic hydroxyl groups is 1. The average molecular weight is 278 g/mol. The molecule has 0 spiro atoms. The molecule has 0 atom stereocenters. The molecular weight excluding hydrogens is 260 g/mol. The number of aliphatic hydroxyl groups excluding tert-OH is 1. The van der Waals surface area contributed by atoms with E-state index in [0.717, 1.165) is 24.9 Å². The SMILES string of the molecule is CN(CC(=O)NC1CC1)Cc1cc(C#CCO)cs1. The van der Waals surface area contributed by atoms with Crippen LogP contribution in [0.25, 0.3) is 0 Å². The lowest BCUT2D eigenvalue weighted by molar-refractivity contribution is -0.122. The summed E-state index contributed by atoms with van der Waals surface area (Å²) in [5.74, 6) is 5.60. The first-order valence-electron chi connectivity index (χ1n) is 6.32. The van der Waals surface area contributed by atoms with Gasteiger partial charge < -0.3 is 10.4 Å². The third kappa shape index (κ3) is 5.03. The largest absolute Gasteiger partial charge is 0.384 e. The van der Waals surface area contributed by atoms with Crippen molar-refractivity contribution >= 4 is 17.2 Å². The van der Waals surface area contributed by atoms with Crippen LogP contribution in [0.1, 0.15) is 23.3 Å². The number of likely N-dealkylation sites (N-methyl/N-ethyl adjacent to an activating group) is 1. The standard InChI is InChI=1S/C14H18N2O2S/c1-16(9-14(18)15-12-4-5-12)8-13-7-11(10-19-13)3-2-6-17/h7,10,12,17H,4-6,8-9H2,1H3,(H,15,18). The second kappa shape index (κ2) is 6.71. The highest BCUT2D eigenvalue weighted by Crippen LogP contribution is 2.18. The van der Waals surface area contributed by atoms with Crippen LogP contribution < -0.4 is 5.32 Å². The first-order chi connectivity index (χ1) is 9.17. The molecule has 1 saturated carbocycles. The van der Waals surface area contributed by atoms with Gasteiger partial charge in [-0.05, 0) is 26.0 Å². The van der Waals surface area contributed by atoms with Crippen molar-refractivity contribution in [2.24, 2.45) is 0 Å². The van der Waals surface area contributed by atoms with E-state index in [0.29, 0.717) is 12.6 Å². The van der Waals surface area contributed by atoms with Gasteiger partial charge in [0.1, 0.15) is 6.61 Å². The minimum absolute atomic E-state index is 0.0989. The van der Waals surface area contributed by atoms with Crippen LogP contribution in [0.3, 0.4) is 0 Å². The van der Waals surface area contributed by atoms with Gasteiger partial charge in [0.15, 0.2) is 0 Å². The minimum Gasteiger partial charge on any atom is -0.384 e. The summed E-state index contributed by atoms with van der Waals surface area (Å²) in [6.45, 7) is 1.04. The highest BCUT2D eigenvalue weighted by atomic mass is 32.1. The lowest BCUT2D eigenvalue weighted by Crippen LogP contribution is -2.35. The Morgan fingerprint density at radius 1 is 1.63 bits per heavy atom. The molecule has 1 amide bonds. The highest BCUT2D eigenvalue weighted by molar-refractivity contribution is 7.10. The Bertz CT molecular complexity index is 497. The van der Waals surface area contributed by atoms with Crippen molar-refractivity contribution in [3.8, 4) is 11.8 Å². The third-order valence-electron chi connectivity index (χ3n) is 2.75. The van der Waals surface area contributed by atoms with Crippen molar-refractivity contribution in [1.82, 2.24) is 10.2 Å². The van der Waals surface area contributed by atoms with Crippen LogP contribution in [0.5, 0.6) is 0 Å². The first kappa shape index (κ1) is 14.1. The van der Waals surface area contributed by atoms with Crippen molar-refractivity contribution in [1.29, 1.82) is 0 Å². The number of rotatable bonds is 5. The molecule has 1 heterocycles. The molecule has 0 unspecified atom stereocenters. The summed E-state index contributed by atoms with van der Waals surface area (Å²) in [4.78, 5) is 14.8. The predicted molar refractivity (Wildman–Crippen MR) is 75.8 cm³/mol. The minimum atomic E-state index is -0.119. The summed E-state index contributed by atoms with van der Waals surface area (Å²) in [6.07, 6.45) is 2.24. The molecule has 19 heavy (non-hydrogen) atoms. The Balaban J connectivity index is 1.78. The zero-order chi connectivity index (χ0) is 13.7. The van der Waals surface area contributed by atoms with Gasteiger partial charge in [0.2, 0.25) is 5.91 Å². The fraction of sp³-hybridized carbons (Fsp3) is 0.500. The maximum Gasteiger partial charge on any atom is 0.234 e. The van der Waals surface area contributed by atoms with E-state index in [1.807, 2.05) is 23.4 Å². The molecule has 4 nitrogen and oxygen atoms in total. The van der Waals surface area contributed by atoms with Gasteiger partial charge in [-0.1, -0.05) is 11.8 Å². The van der Waals surface area contributed by atoms with E-state index in [9.17, 15) is 4.79 Å². The maximum absolute atomic E-state index is 11.6. The van der Waals surface area contributed by atoms with Gasteiger partial charge in [-0.2, -0.15) is 0 Å². The lowest BCUT2D eigenvalue weighted by atomic mass is 10.3. The zero-order valence-corrected chi connectivity index (χ0v) is 11.8. The van der Waals surface area contributed by atoms with Gasteiger partial charge in [0.05, 0.1) is 6.54 Å². The molecule has 1 aromatic heterocycles. The average Bonchev–Trinajstić information content (AvgIpc) is 3.04. The van der Waals surface area contributed by atoms with Crippen molar-refractivity contribution in [2.75, 3.05) is 20.2 Å². The van der Waals surface area contributed by atoms with Gasteiger partial charge in [-0.25, -0.2) is 0 Å². The molecule has 102 valence electrons. The number of hydrogen-bond donors (Lipinski definition) is 2. The van der Waals surface area contributed by atoms with E-state index in [4.69, 9.17) is 5.11 Å². The number of hydrogen-bond acceptors (Lipinski definition) is 4. The molecule has 0 bridgehead atoms. The van der Waals surface area contributed by atoms with Crippen molar-refractivity contribution in [2.45, 2.75) is 25.4 Å². The van der Waals surface area contributed by atoms with Gasteiger partial charge in [-0.3, -0.25) is 9.69 Å². The summed E-state index contributed by atoms with van der Waals surface area (Å²) in [5.41, 5.74) is 0.921. The van der Waals surface area contributed by atoms with Crippen molar-refractivity contribution in [3.05, 3.63) is 21.9 Å². The number of carbonyl (C=O) groups is 1. The fourth-order valence-electron chi connectivity index (χ4n) is 1.74. The molecule has 1 fully saturated rings. The summed E-state index contributed by atoms with van der Waals surface area (Å²) in [5, 5.41) is 13.6. The zero-order valence-electron chi connectivity index (χ0n) is 11.0. The molecule has 5 heteroatoms. The second-order valence-corrected chi connectivity index (χ2v) is 5.77. The quantitative estimate of drug-likeness (QED) is 0.784. The third-order valence-corrected chi connectivity index (χ3v) is 3.67. The lowest BCUT2D eigenvalue weighted by Gasteiger charge is -2.14. The Hall–Kier alpha value is -1.35. The van der Waals surface area contributed by atoms with Gasteiger partial charge in [0.25, 0.3) is 0 Å². The first-order valence-corrected chi connectivity index (χ1v) is 7.20.